The van der Waals surface area contributed by atoms with Crippen LogP contribution in [0.3, 0.4) is 0 Å². The number of benzene rings is 1. The van der Waals surface area contributed by atoms with E-state index in [0.717, 1.165) is 16.5 Å². The first-order valence-corrected chi connectivity index (χ1v) is 10.0. The summed E-state index contributed by atoms with van der Waals surface area (Å²) < 4.78 is 6.70. The van der Waals surface area contributed by atoms with Crippen LogP contribution >= 0.6 is 0 Å². The van der Waals surface area contributed by atoms with Gasteiger partial charge in [0.25, 0.3) is 5.56 Å². The van der Waals surface area contributed by atoms with Crippen molar-refractivity contribution in [3.63, 3.8) is 0 Å². The zero-order valence-corrected chi connectivity index (χ0v) is 17.2. The van der Waals surface area contributed by atoms with Gasteiger partial charge in [-0.05, 0) is 30.2 Å². The summed E-state index contributed by atoms with van der Waals surface area (Å²) in [5.41, 5.74) is 12.5. The average molecular weight is 432 g/mol. The molecule has 5 rings (SSSR count). The molecule has 0 aliphatic carbocycles. The number of fused-ring (bicyclic) bond motifs is 5. The summed E-state index contributed by atoms with van der Waals surface area (Å²) in [5, 5.41) is 19.3. The number of nitrogens with zero attached hydrogens (tertiary/aromatic N) is 4. The molecule has 5 N–H and O–H groups in total. The van der Waals surface area contributed by atoms with Crippen molar-refractivity contribution in [2.45, 2.75) is 32.1 Å². The first-order chi connectivity index (χ1) is 15.3. The molecule has 1 atom stereocenters. The number of rotatable bonds is 3. The van der Waals surface area contributed by atoms with E-state index in [4.69, 9.17) is 21.2 Å². The second-order valence-electron chi connectivity index (χ2n) is 7.82. The van der Waals surface area contributed by atoms with Crippen molar-refractivity contribution in [2.75, 3.05) is 0 Å². The molecule has 2 aliphatic heterocycles. The molecule has 2 aromatic heterocycles. The van der Waals surface area contributed by atoms with Gasteiger partial charge in [-0.2, -0.15) is 5.10 Å². The normalized spacial score (nSPS) is 18.9. The van der Waals surface area contributed by atoms with Crippen LogP contribution in [0.1, 0.15) is 35.6 Å². The minimum absolute atomic E-state index is 0.0955. The van der Waals surface area contributed by atoms with Gasteiger partial charge in [0, 0.05) is 16.5 Å². The lowest BCUT2D eigenvalue weighted by Crippen LogP contribution is -2.44. The molecule has 2 aliphatic rings. The first-order valence-electron chi connectivity index (χ1n) is 10.0. The monoisotopic (exact) mass is 432 g/mol. The van der Waals surface area contributed by atoms with Crippen molar-refractivity contribution >= 4 is 29.0 Å². The van der Waals surface area contributed by atoms with E-state index in [1.54, 1.807) is 17.6 Å². The molecule has 0 saturated carbocycles. The summed E-state index contributed by atoms with van der Waals surface area (Å²) in [7, 11) is 0. The Hall–Kier alpha value is -4.05. The third kappa shape index (κ3) is 2.88. The summed E-state index contributed by atoms with van der Waals surface area (Å²) >= 11 is 0. The minimum atomic E-state index is -1.85. The van der Waals surface area contributed by atoms with Gasteiger partial charge in [-0.15, -0.1) is 5.10 Å². The molecule has 0 radical (unpaired) electrons. The van der Waals surface area contributed by atoms with E-state index in [9.17, 15) is 14.7 Å². The molecule has 0 fully saturated rings. The largest absolute Gasteiger partial charge is 0.458 e. The second-order valence-corrected chi connectivity index (χ2v) is 7.82. The van der Waals surface area contributed by atoms with Crippen LogP contribution in [0.4, 0.5) is 0 Å². The van der Waals surface area contributed by atoms with E-state index in [1.165, 1.54) is 6.21 Å². The van der Waals surface area contributed by atoms with Gasteiger partial charge in [0.05, 0.1) is 35.2 Å². The van der Waals surface area contributed by atoms with Crippen LogP contribution in [0.5, 0.6) is 0 Å². The number of ether oxygens (including phenoxy) is 1. The van der Waals surface area contributed by atoms with Gasteiger partial charge < -0.3 is 25.9 Å². The van der Waals surface area contributed by atoms with Crippen LogP contribution in [0.15, 0.2) is 45.3 Å². The van der Waals surface area contributed by atoms with Gasteiger partial charge in [-0.25, -0.2) is 9.78 Å². The molecule has 0 spiro atoms. The van der Waals surface area contributed by atoms with E-state index in [2.05, 4.69) is 10.2 Å². The maximum absolute atomic E-state index is 13.2. The Balaban J connectivity index is 1.67. The number of hydrogen-bond donors (Lipinski definition) is 3. The highest BCUT2D eigenvalue weighted by Gasteiger charge is 2.45. The molecule has 3 aromatic rings. The second kappa shape index (κ2) is 6.99. The highest BCUT2D eigenvalue weighted by molar-refractivity contribution is 5.91. The Morgan fingerprint density at radius 1 is 1.31 bits per heavy atom. The highest BCUT2D eigenvalue weighted by Crippen LogP contribution is 2.38. The number of aliphatic hydroxyl groups is 1. The van der Waals surface area contributed by atoms with Gasteiger partial charge in [0.1, 0.15) is 6.61 Å². The molecule has 162 valence electrons. The van der Waals surface area contributed by atoms with Crippen LogP contribution in [0.2, 0.25) is 0 Å². The number of cyclic esters (lactones) is 1. The average Bonchev–Trinajstić information content (AvgIpc) is 3.13. The van der Waals surface area contributed by atoms with Crippen LogP contribution in [-0.4, -0.2) is 32.8 Å². The van der Waals surface area contributed by atoms with Gasteiger partial charge in [0.15, 0.2) is 5.60 Å². The predicted molar refractivity (Wildman–Crippen MR) is 118 cm³/mol. The lowest BCUT2D eigenvalue weighted by atomic mass is 9.86. The smallest absolute Gasteiger partial charge is 0.343 e. The number of hydrogen-bond acceptors (Lipinski definition) is 7. The number of guanidine groups is 1. The Kier molecular flexibility index (Phi) is 4.34. The molecule has 0 saturated heterocycles. The van der Waals surface area contributed by atoms with Crippen LogP contribution in [-0.2, 0) is 28.3 Å². The third-order valence-electron chi connectivity index (χ3n) is 5.91. The number of carbonyl (C=O) groups excluding carboxylic acids is 1. The maximum atomic E-state index is 13.2. The molecule has 1 aromatic carbocycles. The van der Waals surface area contributed by atoms with Gasteiger partial charge in [0.2, 0.25) is 5.96 Å². The number of carbonyl (C=O) groups is 1. The molecule has 32 heavy (non-hydrogen) atoms. The van der Waals surface area contributed by atoms with Crippen molar-refractivity contribution in [1.82, 2.24) is 9.55 Å². The van der Waals surface area contributed by atoms with Crippen LogP contribution < -0.4 is 17.0 Å². The van der Waals surface area contributed by atoms with E-state index in [1.807, 2.05) is 24.3 Å². The Morgan fingerprint density at radius 2 is 2.12 bits per heavy atom. The Labute approximate surface area is 181 Å². The van der Waals surface area contributed by atoms with Crippen molar-refractivity contribution in [3.8, 4) is 11.4 Å². The van der Waals surface area contributed by atoms with E-state index < -0.39 is 11.6 Å². The van der Waals surface area contributed by atoms with Gasteiger partial charge in [-0.1, -0.05) is 19.1 Å². The molecule has 1 unspecified atom stereocenters. The fourth-order valence-electron chi connectivity index (χ4n) is 4.24. The minimum Gasteiger partial charge on any atom is -0.458 e. The molecule has 0 bridgehead atoms. The summed E-state index contributed by atoms with van der Waals surface area (Å²) in [6.45, 7) is 1.87. The molecular formula is C22H20N6O4. The molecule has 0 amide bonds. The topological polar surface area (TPSA) is 158 Å². The van der Waals surface area contributed by atoms with Gasteiger partial charge in [-0.3, -0.25) is 4.79 Å². The third-order valence-corrected chi connectivity index (χ3v) is 5.91. The summed E-state index contributed by atoms with van der Waals surface area (Å²) in [5.74, 6) is -0.884. The first kappa shape index (κ1) is 19.9. The lowest BCUT2D eigenvalue weighted by molar-refractivity contribution is -0.172. The zero-order chi connectivity index (χ0) is 22.6. The predicted octanol–water partition coefficient (Wildman–Crippen LogP) is 0.687. The Morgan fingerprint density at radius 3 is 2.88 bits per heavy atom. The molecule has 4 heterocycles. The summed E-state index contributed by atoms with van der Waals surface area (Å²) in [4.78, 5) is 30.2. The fourth-order valence-corrected chi connectivity index (χ4v) is 4.24. The van der Waals surface area contributed by atoms with E-state index >= 15 is 0 Å². The number of pyridine rings is 2. The SMILES string of the molecule is CCC1(O)C(=O)OCc2c1cc1n(c2=O)Cc2cc3ccc(/C=N\N=C(N)N)cc3nc2-1. The van der Waals surface area contributed by atoms with Crippen molar-refractivity contribution in [2.24, 2.45) is 21.7 Å². The number of nitrogens with two attached hydrogens (primary N) is 2. The lowest BCUT2D eigenvalue weighted by Gasteiger charge is -2.31. The van der Waals surface area contributed by atoms with Crippen molar-refractivity contribution in [3.05, 3.63) is 62.9 Å². The van der Waals surface area contributed by atoms with E-state index in [-0.39, 0.29) is 24.5 Å². The van der Waals surface area contributed by atoms with Gasteiger partial charge >= 0.3 is 5.97 Å². The van der Waals surface area contributed by atoms with Crippen LogP contribution in [0.25, 0.3) is 22.3 Å². The zero-order valence-electron chi connectivity index (χ0n) is 17.2. The van der Waals surface area contributed by atoms with Crippen LogP contribution in [0, 0.1) is 0 Å². The van der Waals surface area contributed by atoms with Crippen molar-refractivity contribution < 1.29 is 14.6 Å². The number of esters is 1. The quantitative estimate of drug-likeness (QED) is 0.186. The standard InChI is InChI=1S/C22H20N6O4/c1-2-22(31)15-7-17-18-13(9-28(17)19(29)14(15)10-32-20(22)30)6-12-4-3-11(5-16(12)26-18)8-25-27-21(23)24/h3-8,31H,2,9-10H2,1H3,(H4,23,24,27)/b25-8-. The molecular weight excluding hydrogens is 412 g/mol. The molecule has 10 nitrogen and oxygen atoms in total. The number of aromatic nitrogens is 2. The van der Waals surface area contributed by atoms with E-state index in [0.29, 0.717) is 34.6 Å². The fraction of sp³-hybridized carbons (Fsp3) is 0.227. The summed E-state index contributed by atoms with van der Waals surface area (Å²) in [6.07, 6.45) is 1.61. The highest BCUT2D eigenvalue weighted by atomic mass is 16.6. The Bertz CT molecular complexity index is 1420. The summed E-state index contributed by atoms with van der Waals surface area (Å²) in [6, 6.07) is 9.27. The maximum Gasteiger partial charge on any atom is 0.343 e. The molecule has 10 heteroatoms. The van der Waals surface area contributed by atoms with Crippen molar-refractivity contribution in [1.29, 1.82) is 0 Å².